The molecule has 1 rings (SSSR count). The van der Waals surface area contributed by atoms with Crippen LogP contribution in [0.25, 0.3) is 0 Å². The molecule has 1 aromatic rings. The zero-order valence-corrected chi connectivity index (χ0v) is 8.20. The van der Waals surface area contributed by atoms with Crippen LogP contribution in [0.2, 0.25) is 0 Å². The molecule has 6 nitrogen and oxygen atoms in total. The number of aliphatic hydroxyl groups is 2. The zero-order valence-electron chi connectivity index (χ0n) is 8.20. The van der Waals surface area contributed by atoms with Gasteiger partial charge in [-0.05, 0) is 6.92 Å². The first-order chi connectivity index (χ1) is 7.16. The molecule has 0 radical (unpaired) electrons. The van der Waals surface area contributed by atoms with Gasteiger partial charge in [-0.15, -0.1) is 0 Å². The predicted octanol–water partition coefficient (Wildman–Crippen LogP) is -0.566. The van der Waals surface area contributed by atoms with Crippen LogP contribution in [0.1, 0.15) is 18.6 Å². The minimum atomic E-state index is -1.61. The summed E-state index contributed by atoms with van der Waals surface area (Å²) in [5, 5.41) is 18.9. The van der Waals surface area contributed by atoms with Crippen LogP contribution in [-0.2, 0) is 9.53 Å². The van der Waals surface area contributed by atoms with E-state index in [4.69, 9.17) is 0 Å². The van der Waals surface area contributed by atoms with E-state index < -0.39 is 18.2 Å². The van der Waals surface area contributed by atoms with E-state index in [0.29, 0.717) is 0 Å². The van der Waals surface area contributed by atoms with Crippen molar-refractivity contribution in [2.24, 2.45) is 0 Å². The van der Waals surface area contributed by atoms with Crippen molar-refractivity contribution < 1.29 is 19.7 Å². The van der Waals surface area contributed by atoms with Crippen molar-refractivity contribution in [2.75, 3.05) is 6.61 Å². The molecule has 0 aliphatic carbocycles. The zero-order chi connectivity index (χ0) is 11.3. The first kappa shape index (κ1) is 11.5. The highest BCUT2D eigenvalue weighted by molar-refractivity contribution is 5.75. The molecular weight excluding hydrogens is 200 g/mol. The van der Waals surface area contributed by atoms with E-state index in [-0.39, 0.29) is 12.2 Å². The van der Waals surface area contributed by atoms with Crippen LogP contribution in [0.5, 0.6) is 0 Å². The van der Waals surface area contributed by atoms with Gasteiger partial charge in [0.25, 0.3) is 0 Å². The van der Waals surface area contributed by atoms with Crippen molar-refractivity contribution in [3.63, 3.8) is 0 Å². The van der Waals surface area contributed by atoms with E-state index in [0.717, 1.165) is 0 Å². The average molecular weight is 212 g/mol. The maximum Gasteiger partial charge on any atom is 0.338 e. The number of carbonyl (C=O) groups excluding carboxylic acids is 1. The van der Waals surface area contributed by atoms with Gasteiger partial charge in [-0.3, -0.25) is 0 Å². The van der Waals surface area contributed by atoms with Gasteiger partial charge in [-0.2, -0.15) is 0 Å². The Hall–Kier alpha value is -1.53. The van der Waals surface area contributed by atoms with Crippen molar-refractivity contribution in [3.05, 3.63) is 24.3 Å². The number of rotatable bonds is 4. The van der Waals surface area contributed by atoms with Gasteiger partial charge in [0.1, 0.15) is 12.4 Å². The Morgan fingerprint density at radius 3 is 2.60 bits per heavy atom. The van der Waals surface area contributed by atoms with Gasteiger partial charge in [0.05, 0.1) is 6.61 Å². The molecule has 0 aliphatic rings. The third-order valence-electron chi connectivity index (χ3n) is 1.75. The second-order valence-corrected chi connectivity index (χ2v) is 2.81. The van der Waals surface area contributed by atoms with Crippen LogP contribution in [0.3, 0.4) is 0 Å². The predicted molar refractivity (Wildman–Crippen MR) is 49.6 cm³/mol. The van der Waals surface area contributed by atoms with E-state index >= 15 is 0 Å². The summed E-state index contributed by atoms with van der Waals surface area (Å²) in [7, 11) is 0. The molecule has 6 heteroatoms. The Balaban J connectivity index is 2.68. The van der Waals surface area contributed by atoms with Gasteiger partial charge in [-0.1, -0.05) is 0 Å². The summed E-state index contributed by atoms with van der Waals surface area (Å²) in [5.41, 5.74) is 0.262. The molecule has 0 aliphatic heterocycles. The normalized spacial score (nSPS) is 14.3. The third kappa shape index (κ3) is 2.97. The fourth-order valence-corrected chi connectivity index (χ4v) is 1.00. The molecule has 0 saturated carbocycles. The van der Waals surface area contributed by atoms with Crippen LogP contribution in [-0.4, -0.2) is 38.9 Å². The lowest BCUT2D eigenvalue weighted by Crippen LogP contribution is -2.30. The highest BCUT2D eigenvalue weighted by Crippen LogP contribution is 2.15. The largest absolute Gasteiger partial charge is 0.464 e. The van der Waals surface area contributed by atoms with E-state index in [2.05, 4.69) is 14.7 Å². The summed E-state index contributed by atoms with van der Waals surface area (Å²) in [4.78, 5) is 18.4. The van der Waals surface area contributed by atoms with Gasteiger partial charge in [0, 0.05) is 18.0 Å². The Morgan fingerprint density at radius 1 is 1.47 bits per heavy atom. The highest BCUT2D eigenvalue weighted by atomic mass is 16.5. The maximum absolute atomic E-state index is 11.1. The Morgan fingerprint density at radius 2 is 2.07 bits per heavy atom. The molecular formula is C9H12N2O4. The van der Waals surface area contributed by atoms with Crippen molar-refractivity contribution in [1.29, 1.82) is 0 Å². The summed E-state index contributed by atoms with van der Waals surface area (Å²) < 4.78 is 4.56. The quantitative estimate of drug-likeness (QED) is 0.649. The standard InChI is InChI=1S/C9H12N2O4/c1-2-15-9(14)8(13)7(12)6-3-10-5-11-4-6/h3-5,7-8,12-13H,2H2,1H3/t7-,8-/m0/s1. The molecule has 0 amide bonds. The second kappa shape index (κ2) is 5.38. The number of nitrogens with zero attached hydrogens (tertiary/aromatic N) is 2. The first-order valence-corrected chi connectivity index (χ1v) is 4.44. The summed E-state index contributed by atoms with van der Waals surface area (Å²) in [6, 6.07) is 0. The molecule has 0 spiro atoms. The maximum atomic E-state index is 11.1. The third-order valence-corrected chi connectivity index (χ3v) is 1.75. The van der Waals surface area contributed by atoms with Gasteiger partial charge in [-0.25, -0.2) is 14.8 Å². The topological polar surface area (TPSA) is 92.5 Å². The molecule has 1 aromatic heterocycles. The van der Waals surface area contributed by atoms with Crippen molar-refractivity contribution >= 4 is 5.97 Å². The fraction of sp³-hybridized carbons (Fsp3) is 0.444. The average Bonchev–Trinajstić information content (AvgIpc) is 2.28. The molecule has 82 valence electrons. The number of hydrogen-bond donors (Lipinski definition) is 2. The Labute approximate surface area is 86.6 Å². The smallest absolute Gasteiger partial charge is 0.338 e. The monoisotopic (exact) mass is 212 g/mol. The number of esters is 1. The summed E-state index contributed by atoms with van der Waals surface area (Å²) in [6.45, 7) is 1.76. The summed E-state index contributed by atoms with van der Waals surface area (Å²) >= 11 is 0. The van der Waals surface area contributed by atoms with Gasteiger partial charge in [0.2, 0.25) is 0 Å². The van der Waals surface area contributed by atoms with E-state index in [1.807, 2.05) is 0 Å². The molecule has 1 heterocycles. The Kier molecular flexibility index (Phi) is 4.14. The highest BCUT2D eigenvalue weighted by Gasteiger charge is 2.27. The van der Waals surface area contributed by atoms with Crippen LogP contribution in [0.4, 0.5) is 0 Å². The lowest BCUT2D eigenvalue weighted by atomic mass is 10.1. The molecule has 0 bridgehead atoms. The van der Waals surface area contributed by atoms with Crippen LogP contribution in [0, 0.1) is 0 Å². The Bertz CT molecular complexity index is 317. The van der Waals surface area contributed by atoms with Crippen LogP contribution < -0.4 is 0 Å². The van der Waals surface area contributed by atoms with E-state index in [1.54, 1.807) is 6.92 Å². The molecule has 0 fully saturated rings. The minimum absolute atomic E-state index is 0.147. The summed E-state index contributed by atoms with van der Waals surface area (Å²) in [5.74, 6) is -0.867. The van der Waals surface area contributed by atoms with Crippen molar-refractivity contribution in [2.45, 2.75) is 19.1 Å². The summed E-state index contributed by atoms with van der Waals surface area (Å²) in [6.07, 6.45) is 0.939. The first-order valence-electron chi connectivity index (χ1n) is 4.44. The SMILES string of the molecule is CCOC(=O)[C@@H](O)[C@@H](O)c1cncnc1. The second-order valence-electron chi connectivity index (χ2n) is 2.81. The van der Waals surface area contributed by atoms with Crippen molar-refractivity contribution in [3.8, 4) is 0 Å². The molecule has 0 aromatic carbocycles. The number of aliphatic hydroxyl groups excluding tert-OH is 2. The number of aromatic nitrogens is 2. The van der Waals surface area contributed by atoms with Crippen molar-refractivity contribution in [1.82, 2.24) is 9.97 Å². The van der Waals surface area contributed by atoms with Gasteiger partial charge in [0.15, 0.2) is 6.10 Å². The molecule has 15 heavy (non-hydrogen) atoms. The molecule has 0 saturated heterocycles. The van der Waals surface area contributed by atoms with Gasteiger partial charge < -0.3 is 14.9 Å². The number of ether oxygens (including phenoxy) is 1. The minimum Gasteiger partial charge on any atom is -0.464 e. The fourth-order valence-electron chi connectivity index (χ4n) is 1.00. The van der Waals surface area contributed by atoms with Crippen LogP contribution >= 0.6 is 0 Å². The van der Waals surface area contributed by atoms with Gasteiger partial charge >= 0.3 is 5.97 Å². The lowest BCUT2D eigenvalue weighted by Gasteiger charge is -2.15. The van der Waals surface area contributed by atoms with E-state index in [1.165, 1.54) is 18.7 Å². The van der Waals surface area contributed by atoms with Crippen LogP contribution in [0.15, 0.2) is 18.7 Å². The number of carbonyl (C=O) groups is 1. The number of hydrogen-bond acceptors (Lipinski definition) is 6. The van der Waals surface area contributed by atoms with E-state index in [9.17, 15) is 15.0 Å². The molecule has 2 atom stereocenters. The lowest BCUT2D eigenvalue weighted by molar-refractivity contribution is -0.159. The molecule has 0 unspecified atom stereocenters. The molecule has 2 N–H and O–H groups in total.